The van der Waals surface area contributed by atoms with Crippen molar-refractivity contribution in [1.82, 2.24) is 15.2 Å². The van der Waals surface area contributed by atoms with Crippen LogP contribution in [0.4, 0.5) is 5.69 Å². The molecule has 0 saturated carbocycles. The van der Waals surface area contributed by atoms with E-state index in [1.54, 1.807) is 6.07 Å². The van der Waals surface area contributed by atoms with Gasteiger partial charge in [-0.05, 0) is 24.6 Å². The fourth-order valence-electron chi connectivity index (χ4n) is 2.23. The molecule has 2 aromatic carbocycles. The number of rotatable bonds is 5. The summed E-state index contributed by atoms with van der Waals surface area (Å²) in [6.45, 7) is 1.95. The summed E-state index contributed by atoms with van der Waals surface area (Å²) in [6.07, 6.45) is 1.37. The zero-order valence-corrected chi connectivity index (χ0v) is 15.0. The molecule has 0 radical (unpaired) electrons. The second-order valence-electron chi connectivity index (χ2n) is 5.25. The van der Waals surface area contributed by atoms with Crippen molar-refractivity contribution >= 4 is 35.0 Å². The largest absolute Gasteiger partial charge is 0.325 e. The molecule has 0 saturated heterocycles. The van der Waals surface area contributed by atoms with Crippen LogP contribution in [0.5, 0.6) is 0 Å². The SMILES string of the molecule is Cc1ccccc1NC(=O)CSc1nncnc1-c1ccccc1Cl. The lowest BCUT2D eigenvalue weighted by Crippen LogP contribution is -2.15. The first-order chi connectivity index (χ1) is 12.1. The van der Waals surface area contributed by atoms with Gasteiger partial charge in [-0.1, -0.05) is 59.8 Å². The molecular weight excluding hydrogens is 356 g/mol. The van der Waals surface area contributed by atoms with Gasteiger partial charge in [-0.3, -0.25) is 4.79 Å². The van der Waals surface area contributed by atoms with Gasteiger partial charge in [0.1, 0.15) is 17.0 Å². The molecule has 0 aliphatic rings. The maximum Gasteiger partial charge on any atom is 0.234 e. The maximum atomic E-state index is 12.2. The van der Waals surface area contributed by atoms with Crippen LogP contribution >= 0.6 is 23.4 Å². The normalized spacial score (nSPS) is 10.5. The number of anilines is 1. The van der Waals surface area contributed by atoms with Gasteiger partial charge >= 0.3 is 0 Å². The van der Waals surface area contributed by atoms with E-state index in [0.29, 0.717) is 15.7 Å². The molecule has 3 aromatic rings. The highest BCUT2D eigenvalue weighted by Crippen LogP contribution is 2.31. The lowest BCUT2D eigenvalue weighted by atomic mass is 10.2. The first-order valence-corrected chi connectivity index (χ1v) is 8.92. The number of carbonyl (C=O) groups excluding carboxylic acids is 1. The fraction of sp³-hybridized carbons (Fsp3) is 0.111. The van der Waals surface area contributed by atoms with Crippen molar-refractivity contribution in [2.75, 3.05) is 11.1 Å². The lowest BCUT2D eigenvalue weighted by molar-refractivity contribution is -0.113. The Morgan fingerprint density at radius 3 is 2.72 bits per heavy atom. The second kappa shape index (κ2) is 8.09. The van der Waals surface area contributed by atoms with Gasteiger partial charge < -0.3 is 5.32 Å². The number of amides is 1. The predicted octanol–water partition coefficient (Wildman–Crippen LogP) is 4.23. The summed E-state index contributed by atoms with van der Waals surface area (Å²) in [5.41, 5.74) is 3.20. The minimum Gasteiger partial charge on any atom is -0.325 e. The number of carbonyl (C=O) groups is 1. The standard InChI is InChI=1S/C18H15ClN4OS/c1-12-6-2-5-9-15(12)22-16(24)10-25-18-17(20-11-21-23-18)13-7-3-4-8-14(13)19/h2-9,11H,10H2,1H3,(H,22,24). The molecule has 25 heavy (non-hydrogen) atoms. The van der Waals surface area contributed by atoms with Crippen LogP contribution in [-0.2, 0) is 4.79 Å². The van der Waals surface area contributed by atoms with Gasteiger partial charge in [0.15, 0.2) is 0 Å². The Labute approximate surface area is 154 Å². The van der Waals surface area contributed by atoms with Gasteiger partial charge in [-0.2, -0.15) is 0 Å². The average molecular weight is 371 g/mol. The smallest absolute Gasteiger partial charge is 0.234 e. The third-order valence-corrected chi connectivity index (χ3v) is 4.76. The summed E-state index contributed by atoms with van der Waals surface area (Å²) < 4.78 is 0. The number of para-hydroxylation sites is 1. The third kappa shape index (κ3) is 4.35. The summed E-state index contributed by atoms with van der Waals surface area (Å²) in [4.78, 5) is 16.5. The van der Waals surface area contributed by atoms with Gasteiger partial charge in [0.25, 0.3) is 0 Å². The fourth-order valence-corrected chi connectivity index (χ4v) is 3.20. The number of nitrogens with one attached hydrogen (secondary N) is 1. The predicted molar refractivity (Wildman–Crippen MR) is 101 cm³/mol. The van der Waals surface area contributed by atoms with Crippen LogP contribution in [0, 0.1) is 6.92 Å². The van der Waals surface area contributed by atoms with Crippen LogP contribution in [0.3, 0.4) is 0 Å². The van der Waals surface area contributed by atoms with E-state index in [9.17, 15) is 4.79 Å². The number of benzene rings is 2. The van der Waals surface area contributed by atoms with E-state index in [1.165, 1.54) is 18.1 Å². The van der Waals surface area contributed by atoms with Gasteiger partial charge in [-0.15, -0.1) is 10.2 Å². The highest BCUT2D eigenvalue weighted by atomic mass is 35.5. The topological polar surface area (TPSA) is 67.8 Å². The van der Waals surface area contributed by atoms with E-state index in [0.717, 1.165) is 16.8 Å². The zero-order valence-electron chi connectivity index (χ0n) is 13.4. The highest BCUT2D eigenvalue weighted by molar-refractivity contribution is 8.00. The molecule has 1 N–H and O–H groups in total. The Kier molecular flexibility index (Phi) is 5.63. The molecule has 0 aliphatic heterocycles. The minimum absolute atomic E-state index is 0.116. The first-order valence-electron chi connectivity index (χ1n) is 7.56. The summed E-state index contributed by atoms with van der Waals surface area (Å²) in [6, 6.07) is 15.0. The van der Waals surface area contributed by atoms with Gasteiger partial charge in [-0.25, -0.2) is 4.98 Å². The van der Waals surface area contributed by atoms with Crippen molar-refractivity contribution in [2.24, 2.45) is 0 Å². The van der Waals surface area contributed by atoms with Crippen LogP contribution in [0.2, 0.25) is 5.02 Å². The van der Waals surface area contributed by atoms with Crippen molar-refractivity contribution in [3.05, 3.63) is 65.4 Å². The number of aryl methyl sites for hydroxylation is 1. The molecular formula is C18H15ClN4OS. The maximum absolute atomic E-state index is 12.2. The van der Waals surface area contributed by atoms with E-state index < -0.39 is 0 Å². The van der Waals surface area contributed by atoms with Crippen molar-refractivity contribution in [1.29, 1.82) is 0 Å². The molecule has 0 spiro atoms. The summed E-state index contributed by atoms with van der Waals surface area (Å²) >= 11 is 7.52. The van der Waals surface area contributed by atoms with Gasteiger partial charge in [0, 0.05) is 11.3 Å². The number of aromatic nitrogens is 3. The average Bonchev–Trinajstić information content (AvgIpc) is 2.63. The van der Waals surface area contributed by atoms with Crippen molar-refractivity contribution < 1.29 is 4.79 Å². The summed E-state index contributed by atoms with van der Waals surface area (Å²) in [5.74, 6) is 0.0849. The van der Waals surface area contributed by atoms with Crippen LogP contribution in [0.1, 0.15) is 5.56 Å². The lowest BCUT2D eigenvalue weighted by Gasteiger charge is -2.09. The Balaban J connectivity index is 1.73. The minimum atomic E-state index is -0.116. The number of nitrogens with zero attached hydrogens (tertiary/aromatic N) is 3. The Bertz CT molecular complexity index is 904. The number of hydrogen-bond acceptors (Lipinski definition) is 5. The van der Waals surface area contributed by atoms with E-state index in [4.69, 9.17) is 11.6 Å². The van der Waals surface area contributed by atoms with Gasteiger partial charge in [0.2, 0.25) is 5.91 Å². The van der Waals surface area contributed by atoms with Crippen LogP contribution < -0.4 is 5.32 Å². The molecule has 1 heterocycles. The molecule has 5 nitrogen and oxygen atoms in total. The molecule has 0 fully saturated rings. The number of hydrogen-bond donors (Lipinski definition) is 1. The van der Waals surface area contributed by atoms with Crippen molar-refractivity contribution in [3.63, 3.8) is 0 Å². The van der Waals surface area contributed by atoms with Gasteiger partial charge in [0.05, 0.1) is 10.8 Å². The zero-order chi connectivity index (χ0) is 17.6. The Morgan fingerprint density at radius 2 is 1.92 bits per heavy atom. The molecule has 7 heteroatoms. The van der Waals surface area contributed by atoms with E-state index >= 15 is 0 Å². The van der Waals surface area contributed by atoms with E-state index in [2.05, 4.69) is 20.5 Å². The molecule has 126 valence electrons. The summed E-state index contributed by atoms with van der Waals surface area (Å²) in [5, 5.41) is 12.0. The molecule has 0 bridgehead atoms. The van der Waals surface area contributed by atoms with Crippen molar-refractivity contribution in [2.45, 2.75) is 11.9 Å². The summed E-state index contributed by atoms with van der Waals surface area (Å²) in [7, 11) is 0. The molecule has 0 atom stereocenters. The molecule has 0 unspecified atom stereocenters. The second-order valence-corrected chi connectivity index (χ2v) is 6.62. The molecule has 1 amide bonds. The molecule has 0 aliphatic carbocycles. The van der Waals surface area contributed by atoms with E-state index in [1.807, 2.05) is 49.4 Å². The number of thioether (sulfide) groups is 1. The highest BCUT2D eigenvalue weighted by Gasteiger charge is 2.14. The molecule has 1 aromatic heterocycles. The number of halogens is 1. The quantitative estimate of drug-likeness (QED) is 0.680. The Morgan fingerprint density at radius 1 is 1.16 bits per heavy atom. The van der Waals surface area contributed by atoms with Crippen LogP contribution in [0.15, 0.2) is 59.9 Å². The Hall–Kier alpha value is -2.44. The van der Waals surface area contributed by atoms with Crippen LogP contribution in [0.25, 0.3) is 11.3 Å². The molecule has 3 rings (SSSR count). The first kappa shape index (κ1) is 17.4. The monoisotopic (exact) mass is 370 g/mol. The van der Waals surface area contributed by atoms with E-state index in [-0.39, 0.29) is 11.7 Å². The van der Waals surface area contributed by atoms with Crippen LogP contribution in [-0.4, -0.2) is 26.8 Å². The van der Waals surface area contributed by atoms with Crippen molar-refractivity contribution in [3.8, 4) is 11.3 Å². The third-order valence-electron chi connectivity index (χ3n) is 3.48.